The Morgan fingerprint density at radius 1 is 1.38 bits per heavy atom. The predicted molar refractivity (Wildman–Crippen MR) is 55.6 cm³/mol. The van der Waals surface area contributed by atoms with Gasteiger partial charge in [-0.2, -0.15) is 0 Å². The van der Waals surface area contributed by atoms with Gasteiger partial charge in [0.25, 0.3) is 0 Å². The van der Waals surface area contributed by atoms with Gasteiger partial charge in [0.05, 0.1) is 6.61 Å². The first kappa shape index (κ1) is 11.0. The van der Waals surface area contributed by atoms with Crippen molar-refractivity contribution in [2.75, 3.05) is 19.8 Å². The highest BCUT2D eigenvalue weighted by atomic mass is 16.5. The van der Waals surface area contributed by atoms with E-state index in [4.69, 9.17) is 10.5 Å². The summed E-state index contributed by atoms with van der Waals surface area (Å²) in [5, 5.41) is 0. The Morgan fingerprint density at radius 3 is 2.46 bits per heavy atom. The molecule has 78 valence electrons. The first-order valence-corrected chi connectivity index (χ1v) is 5.30. The summed E-state index contributed by atoms with van der Waals surface area (Å²) in [5.74, 6) is 0. The van der Waals surface area contributed by atoms with E-state index in [9.17, 15) is 0 Å². The maximum Gasteiger partial charge on any atom is 0.0527 e. The second-order valence-electron chi connectivity index (χ2n) is 5.23. The summed E-state index contributed by atoms with van der Waals surface area (Å²) in [7, 11) is 0. The largest absolute Gasteiger partial charge is 0.381 e. The van der Waals surface area contributed by atoms with Crippen LogP contribution in [0.1, 0.15) is 40.0 Å². The maximum atomic E-state index is 5.69. The van der Waals surface area contributed by atoms with E-state index in [0.717, 1.165) is 26.2 Å². The van der Waals surface area contributed by atoms with Crippen LogP contribution in [0.15, 0.2) is 0 Å². The minimum absolute atomic E-state index is 0.312. The molecule has 0 spiro atoms. The fourth-order valence-corrected chi connectivity index (χ4v) is 2.29. The van der Waals surface area contributed by atoms with Crippen LogP contribution >= 0.6 is 0 Å². The molecule has 0 radical (unpaired) electrons. The van der Waals surface area contributed by atoms with E-state index in [2.05, 4.69) is 20.8 Å². The second-order valence-corrected chi connectivity index (χ2v) is 5.23. The minimum Gasteiger partial charge on any atom is -0.381 e. The molecule has 1 heterocycles. The molecule has 2 heteroatoms. The summed E-state index contributed by atoms with van der Waals surface area (Å²) in [6.45, 7) is 9.52. The van der Waals surface area contributed by atoms with E-state index in [-0.39, 0.29) is 0 Å². The van der Waals surface area contributed by atoms with Gasteiger partial charge >= 0.3 is 0 Å². The van der Waals surface area contributed by atoms with Crippen molar-refractivity contribution in [1.29, 1.82) is 0 Å². The molecule has 0 aromatic heterocycles. The lowest BCUT2D eigenvalue weighted by atomic mass is 9.62. The van der Waals surface area contributed by atoms with Crippen molar-refractivity contribution in [1.82, 2.24) is 0 Å². The van der Waals surface area contributed by atoms with E-state index in [1.54, 1.807) is 0 Å². The summed E-state index contributed by atoms with van der Waals surface area (Å²) >= 11 is 0. The summed E-state index contributed by atoms with van der Waals surface area (Å²) in [6, 6.07) is 0. The zero-order valence-corrected chi connectivity index (χ0v) is 9.23. The van der Waals surface area contributed by atoms with Crippen molar-refractivity contribution in [2.45, 2.75) is 40.0 Å². The van der Waals surface area contributed by atoms with Gasteiger partial charge in [-0.05, 0) is 36.6 Å². The van der Waals surface area contributed by atoms with Gasteiger partial charge in [-0.25, -0.2) is 0 Å². The van der Waals surface area contributed by atoms with Crippen LogP contribution in [0.2, 0.25) is 0 Å². The Kier molecular flexibility index (Phi) is 3.36. The smallest absolute Gasteiger partial charge is 0.0527 e. The Bertz CT molecular complexity index is 148. The van der Waals surface area contributed by atoms with Gasteiger partial charge in [-0.3, -0.25) is 0 Å². The van der Waals surface area contributed by atoms with Crippen molar-refractivity contribution in [3.05, 3.63) is 0 Å². The molecule has 1 atom stereocenters. The highest BCUT2D eigenvalue weighted by Gasteiger charge is 2.42. The van der Waals surface area contributed by atoms with Crippen LogP contribution in [0.4, 0.5) is 0 Å². The predicted octanol–water partition coefficient (Wildman–Crippen LogP) is 2.18. The molecule has 1 aliphatic heterocycles. The van der Waals surface area contributed by atoms with Crippen LogP contribution in [0.5, 0.6) is 0 Å². The molecule has 0 aliphatic carbocycles. The summed E-state index contributed by atoms with van der Waals surface area (Å²) in [6.07, 6.45) is 3.56. The molecule has 13 heavy (non-hydrogen) atoms. The van der Waals surface area contributed by atoms with E-state index in [0.29, 0.717) is 10.8 Å². The first-order chi connectivity index (χ1) is 6.02. The number of ether oxygens (including phenoxy) is 1. The third-order valence-corrected chi connectivity index (χ3v) is 3.54. The lowest BCUT2D eigenvalue weighted by Gasteiger charge is -2.47. The van der Waals surface area contributed by atoms with Crippen LogP contribution in [-0.4, -0.2) is 19.8 Å². The normalized spacial score (nSPS) is 30.5. The first-order valence-electron chi connectivity index (χ1n) is 5.30. The molecule has 1 unspecified atom stereocenters. The van der Waals surface area contributed by atoms with Crippen LogP contribution in [0.3, 0.4) is 0 Å². The lowest BCUT2D eigenvalue weighted by Crippen LogP contribution is -2.44. The van der Waals surface area contributed by atoms with E-state index in [1.807, 2.05) is 0 Å². The van der Waals surface area contributed by atoms with E-state index < -0.39 is 0 Å². The van der Waals surface area contributed by atoms with Gasteiger partial charge in [0.2, 0.25) is 0 Å². The Labute approximate surface area is 81.8 Å². The summed E-state index contributed by atoms with van der Waals surface area (Å²) in [4.78, 5) is 0. The highest BCUT2D eigenvalue weighted by Crippen LogP contribution is 2.47. The Hall–Kier alpha value is -0.0800. The van der Waals surface area contributed by atoms with Crippen molar-refractivity contribution in [3.8, 4) is 0 Å². The average Bonchev–Trinajstić information content (AvgIpc) is 2.04. The van der Waals surface area contributed by atoms with Crippen molar-refractivity contribution in [3.63, 3.8) is 0 Å². The highest BCUT2D eigenvalue weighted by molar-refractivity contribution is 4.92. The molecule has 2 N–H and O–H groups in total. The van der Waals surface area contributed by atoms with E-state index >= 15 is 0 Å². The van der Waals surface area contributed by atoms with Gasteiger partial charge in [0.15, 0.2) is 0 Å². The fourth-order valence-electron chi connectivity index (χ4n) is 2.29. The standard InChI is InChI=1S/C11H23NO/c1-10(2,3)11(6-7-12)5-4-8-13-9-11/h4-9,12H2,1-3H3. The number of rotatable bonds is 2. The number of nitrogens with two attached hydrogens (primary N) is 1. The molecule has 0 amide bonds. The monoisotopic (exact) mass is 185 g/mol. The Morgan fingerprint density at radius 2 is 2.08 bits per heavy atom. The van der Waals surface area contributed by atoms with Gasteiger partial charge in [-0.15, -0.1) is 0 Å². The summed E-state index contributed by atoms with van der Waals surface area (Å²) < 4.78 is 5.61. The zero-order valence-electron chi connectivity index (χ0n) is 9.23. The molecule has 0 bridgehead atoms. The van der Waals surface area contributed by atoms with Crippen LogP contribution in [0, 0.1) is 10.8 Å². The molecule has 1 rings (SSSR count). The number of hydrogen-bond acceptors (Lipinski definition) is 2. The maximum absolute atomic E-state index is 5.69. The summed E-state index contributed by atoms with van der Waals surface area (Å²) in [5.41, 5.74) is 6.32. The minimum atomic E-state index is 0.312. The number of hydrogen-bond donors (Lipinski definition) is 1. The fraction of sp³-hybridized carbons (Fsp3) is 1.00. The molecule has 0 aromatic rings. The van der Waals surface area contributed by atoms with Crippen LogP contribution in [0.25, 0.3) is 0 Å². The molecule has 1 fully saturated rings. The van der Waals surface area contributed by atoms with Gasteiger partial charge < -0.3 is 10.5 Å². The quantitative estimate of drug-likeness (QED) is 0.715. The molecular weight excluding hydrogens is 162 g/mol. The molecule has 0 saturated carbocycles. The van der Waals surface area contributed by atoms with E-state index in [1.165, 1.54) is 12.8 Å². The van der Waals surface area contributed by atoms with Crippen molar-refractivity contribution < 1.29 is 4.74 Å². The molecule has 2 nitrogen and oxygen atoms in total. The van der Waals surface area contributed by atoms with Crippen molar-refractivity contribution >= 4 is 0 Å². The van der Waals surface area contributed by atoms with Gasteiger partial charge in [-0.1, -0.05) is 20.8 Å². The topological polar surface area (TPSA) is 35.2 Å². The van der Waals surface area contributed by atoms with Crippen molar-refractivity contribution in [2.24, 2.45) is 16.6 Å². The molecule has 0 aromatic carbocycles. The second kappa shape index (κ2) is 3.97. The molecule has 1 saturated heterocycles. The third-order valence-electron chi connectivity index (χ3n) is 3.54. The molecular formula is C11H23NO. The van der Waals surface area contributed by atoms with Crippen LogP contribution < -0.4 is 5.73 Å². The Balaban J connectivity index is 2.73. The lowest BCUT2D eigenvalue weighted by molar-refractivity contribution is -0.0735. The van der Waals surface area contributed by atoms with Crippen LogP contribution in [-0.2, 0) is 4.74 Å². The van der Waals surface area contributed by atoms with Gasteiger partial charge in [0.1, 0.15) is 0 Å². The SMILES string of the molecule is CC(C)(C)C1(CCN)CCCOC1. The third kappa shape index (κ3) is 2.23. The average molecular weight is 185 g/mol. The van der Waals surface area contributed by atoms with Gasteiger partial charge in [0, 0.05) is 6.61 Å². The molecule has 1 aliphatic rings. The zero-order chi connectivity index (χ0) is 9.95.